The standard InChI is InChI=1S/C18H19N3O2/c1-23-16-6-2-4-13(10-16)14-7-9-20(12-14)18(22)17-11-15-5-3-8-21(15)19-17/h2,4,6-7,10-11H,3,5,8-9,12H2,1H3. The molecule has 1 aromatic heterocycles. The summed E-state index contributed by atoms with van der Waals surface area (Å²) in [6.45, 7) is 2.18. The van der Waals surface area contributed by atoms with E-state index in [2.05, 4.69) is 11.2 Å². The van der Waals surface area contributed by atoms with Gasteiger partial charge < -0.3 is 9.64 Å². The monoisotopic (exact) mass is 309 g/mol. The van der Waals surface area contributed by atoms with E-state index in [1.165, 1.54) is 5.69 Å². The van der Waals surface area contributed by atoms with Crippen molar-refractivity contribution in [3.63, 3.8) is 0 Å². The van der Waals surface area contributed by atoms with Crippen LogP contribution >= 0.6 is 0 Å². The zero-order chi connectivity index (χ0) is 15.8. The molecule has 2 aliphatic rings. The maximum atomic E-state index is 12.6. The summed E-state index contributed by atoms with van der Waals surface area (Å²) in [5.41, 5.74) is 4.00. The van der Waals surface area contributed by atoms with Crippen LogP contribution in [-0.4, -0.2) is 40.8 Å². The van der Waals surface area contributed by atoms with E-state index in [9.17, 15) is 4.79 Å². The quantitative estimate of drug-likeness (QED) is 0.874. The molecule has 0 N–H and O–H groups in total. The third-order valence-corrected chi connectivity index (χ3v) is 4.53. The van der Waals surface area contributed by atoms with Crippen molar-refractivity contribution in [2.45, 2.75) is 19.4 Å². The molecular weight excluding hydrogens is 290 g/mol. The van der Waals surface area contributed by atoms with Gasteiger partial charge in [-0.25, -0.2) is 0 Å². The van der Waals surface area contributed by atoms with E-state index < -0.39 is 0 Å². The predicted octanol–water partition coefficient (Wildman–Crippen LogP) is 2.38. The van der Waals surface area contributed by atoms with E-state index in [0.717, 1.165) is 36.3 Å². The molecule has 0 aliphatic carbocycles. The summed E-state index contributed by atoms with van der Waals surface area (Å²) in [5, 5.41) is 4.44. The lowest BCUT2D eigenvalue weighted by molar-refractivity contribution is 0.0795. The Morgan fingerprint density at radius 1 is 1.30 bits per heavy atom. The molecule has 1 aromatic carbocycles. The summed E-state index contributed by atoms with van der Waals surface area (Å²) in [7, 11) is 1.66. The number of ether oxygens (including phenoxy) is 1. The van der Waals surface area contributed by atoms with Crippen LogP contribution < -0.4 is 4.74 Å². The maximum Gasteiger partial charge on any atom is 0.274 e. The maximum absolute atomic E-state index is 12.6. The van der Waals surface area contributed by atoms with E-state index in [1.54, 1.807) is 7.11 Å². The van der Waals surface area contributed by atoms with Crippen molar-refractivity contribution in [2.75, 3.05) is 20.2 Å². The van der Waals surface area contributed by atoms with Gasteiger partial charge in [0.05, 0.1) is 7.11 Å². The zero-order valence-electron chi connectivity index (χ0n) is 13.2. The van der Waals surface area contributed by atoms with Gasteiger partial charge >= 0.3 is 0 Å². The second kappa shape index (κ2) is 5.57. The van der Waals surface area contributed by atoms with Crippen LogP contribution in [0.1, 0.15) is 28.2 Å². The molecule has 0 radical (unpaired) electrons. The topological polar surface area (TPSA) is 47.4 Å². The molecule has 2 aliphatic heterocycles. The molecule has 23 heavy (non-hydrogen) atoms. The second-order valence-corrected chi connectivity index (χ2v) is 5.99. The van der Waals surface area contributed by atoms with E-state index >= 15 is 0 Å². The molecule has 0 saturated carbocycles. The molecule has 0 saturated heterocycles. The number of methoxy groups -OCH3 is 1. The van der Waals surface area contributed by atoms with Crippen LogP contribution in [0.2, 0.25) is 0 Å². The van der Waals surface area contributed by atoms with Gasteiger partial charge in [-0.3, -0.25) is 9.48 Å². The molecule has 118 valence electrons. The summed E-state index contributed by atoms with van der Waals surface area (Å²) in [5.74, 6) is 0.847. The Kier molecular flexibility index (Phi) is 3.41. The Balaban J connectivity index is 1.49. The summed E-state index contributed by atoms with van der Waals surface area (Å²) < 4.78 is 7.23. The fraction of sp³-hybridized carbons (Fsp3) is 0.333. The van der Waals surface area contributed by atoms with Crippen molar-refractivity contribution < 1.29 is 9.53 Å². The lowest BCUT2D eigenvalue weighted by atomic mass is 10.1. The number of carbonyl (C=O) groups excluding carboxylic acids is 1. The lowest BCUT2D eigenvalue weighted by Gasteiger charge is -2.15. The molecule has 5 nitrogen and oxygen atoms in total. The van der Waals surface area contributed by atoms with Crippen LogP contribution in [0.5, 0.6) is 5.75 Å². The van der Waals surface area contributed by atoms with Crippen LogP contribution in [-0.2, 0) is 13.0 Å². The molecular formula is C18H19N3O2. The lowest BCUT2D eigenvalue weighted by Crippen LogP contribution is -2.29. The second-order valence-electron chi connectivity index (χ2n) is 5.99. The van der Waals surface area contributed by atoms with E-state index in [1.807, 2.05) is 39.9 Å². The number of benzene rings is 1. The van der Waals surface area contributed by atoms with Gasteiger partial charge in [-0.15, -0.1) is 0 Å². The number of nitrogens with zero attached hydrogens (tertiary/aromatic N) is 3. The summed E-state index contributed by atoms with van der Waals surface area (Å²) in [6.07, 6.45) is 4.26. The first kappa shape index (κ1) is 14.1. The molecule has 3 heterocycles. The highest BCUT2D eigenvalue weighted by Crippen LogP contribution is 2.25. The smallest absolute Gasteiger partial charge is 0.274 e. The molecule has 0 atom stereocenters. The number of aryl methyl sites for hydroxylation is 2. The zero-order valence-corrected chi connectivity index (χ0v) is 13.2. The van der Waals surface area contributed by atoms with Crippen LogP contribution in [0.3, 0.4) is 0 Å². The average Bonchev–Trinajstić information content (AvgIpc) is 3.29. The number of fused-ring (bicyclic) bond motifs is 1. The van der Waals surface area contributed by atoms with Crippen molar-refractivity contribution in [3.8, 4) is 5.75 Å². The van der Waals surface area contributed by atoms with Crippen LogP contribution in [0, 0.1) is 0 Å². The highest BCUT2D eigenvalue weighted by atomic mass is 16.5. The molecule has 0 spiro atoms. The molecule has 4 rings (SSSR count). The summed E-state index contributed by atoms with van der Waals surface area (Å²) in [4.78, 5) is 14.5. The van der Waals surface area contributed by atoms with Crippen molar-refractivity contribution >= 4 is 11.5 Å². The Bertz CT molecular complexity index is 770. The van der Waals surface area contributed by atoms with Gasteiger partial charge in [0.1, 0.15) is 5.75 Å². The first-order valence-electron chi connectivity index (χ1n) is 7.94. The van der Waals surface area contributed by atoms with Gasteiger partial charge in [-0.2, -0.15) is 5.10 Å². The van der Waals surface area contributed by atoms with E-state index in [-0.39, 0.29) is 5.91 Å². The predicted molar refractivity (Wildman–Crippen MR) is 87.4 cm³/mol. The molecule has 1 amide bonds. The van der Waals surface area contributed by atoms with Gasteiger partial charge in [0.15, 0.2) is 5.69 Å². The minimum Gasteiger partial charge on any atom is -0.497 e. The van der Waals surface area contributed by atoms with Gasteiger partial charge in [0, 0.05) is 25.3 Å². The molecule has 0 fully saturated rings. The summed E-state index contributed by atoms with van der Waals surface area (Å²) >= 11 is 0. The van der Waals surface area contributed by atoms with E-state index in [0.29, 0.717) is 18.8 Å². The molecule has 5 heteroatoms. The Morgan fingerprint density at radius 2 is 2.22 bits per heavy atom. The van der Waals surface area contributed by atoms with Gasteiger partial charge in [0.25, 0.3) is 5.91 Å². The fourth-order valence-electron chi connectivity index (χ4n) is 3.27. The number of carbonyl (C=O) groups is 1. The average molecular weight is 309 g/mol. The minimum atomic E-state index is 0.0149. The Labute approximate surface area is 135 Å². The summed E-state index contributed by atoms with van der Waals surface area (Å²) in [6, 6.07) is 9.89. The highest BCUT2D eigenvalue weighted by molar-refractivity contribution is 5.94. The van der Waals surface area contributed by atoms with Gasteiger partial charge in [-0.1, -0.05) is 18.2 Å². The number of hydrogen-bond acceptors (Lipinski definition) is 3. The Hall–Kier alpha value is -2.56. The van der Waals surface area contributed by atoms with E-state index in [4.69, 9.17) is 4.74 Å². The van der Waals surface area contributed by atoms with Crippen LogP contribution in [0.15, 0.2) is 36.4 Å². The third kappa shape index (κ3) is 2.52. The minimum absolute atomic E-state index is 0.0149. The highest BCUT2D eigenvalue weighted by Gasteiger charge is 2.25. The van der Waals surface area contributed by atoms with Crippen molar-refractivity contribution in [1.29, 1.82) is 0 Å². The third-order valence-electron chi connectivity index (χ3n) is 4.53. The molecule has 0 bridgehead atoms. The van der Waals surface area contributed by atoms with Crippen molar-refractivity contribution in [2.24, 2.45) is 0 Å². The largest absolute Gasteiger partial charge is 0.497 e. The first-order chi connectivity index (χ1) is 11.2. The van der Waals surface area contributed by atoms with Gasteiger partial charge in [-0.05, 0) is 42.2 Å². The van der Waals surface area contributed by atoms with Crippen molar-refractivity contribution in [3.05, 3.63) is 53.4 Å². The fourth-order valence-corrected chi connectivity index (χ4v) is 3.27. The van der Waals surface area contributed by atoms with Crippen molar-refractivity contribution in [1.82, 2.24) is 14.7 Å². The Morgan fingerprint density at radius 3 is 3.04 bits per heavy atom. The number of aromatic nitrogens is 2. The van der Waals surface area contributed by atoms with Gasteiger partial charge in [0.2, 0.25) is 0 Å². The van der Waals surface area contributed by atoms with Crippen LogP contribution in [0.4, 0.5) is 0 Å². The molecule has 2 aromatic rings. The van der Waals surface area contributed by atoms with Crippen LogP contribution in [0.25, 0.3) is 5.57 Å². The molecule has 0 unspecified atom stereocenters. The number of amides is 1. The normalized spacial score (nSPS) is 16.4. The first-order valence-corrected chi connectivity index (χ1v) is 7.94. The SMILES string of the molecule is COc1cccc(C2=CCN(C(=O)c3cc4n(n3)CCC4)C2)c1. The number of hydrogen-bond donors (Lipinski definition) is 0. The number of rotatable bonds is 3.